The average molecular weight is 250 g/mol. The molecule has 2 heterocycles. The van der Waals surface area contributed by atoms with Gasteiger partial charge in [-0.3, -0.25) is 4.79 Å². The Morgan fingerprint density at radius 2 is 2.22 bits per heavy atom. The maximum atomic E-state index is 11.8. The molecular formula is C12H14N2O4. The normalized spacial score (nSPS) is 23.2. The Bertz CT molecular complexity index is 506. The van der Waals surface area contributed by atoms with E-state index in [0.29, 0.717) is 17.2 Å². The van der Waals surface area contributed by atoms with Gasteiger partial charge in [0.25, 0.3) is 0 Å². The smallest absolute Gasteiger partial charge is 0.319 e. The highest BCUT2D eigenvalue weighted by Crippen LogP contribution is 2.31. The van der Waals surface area contributed by atoms with Gasteiger partial charge < -0.3 is 19.8 Å². The van der Waals surface area contributed by atoms with E-state index in [0.717, 1.165) is 0 Å². The van der Waals surface area contributed by atoms with Crippen molar-refractivity contribution in [1.29, 1.82) is 0 Å². The number of nitrogens with one attached hydrogen (secondary N) is 2. The number of rotatable bonds is 2. The first-order valence-corrected chi connectivity index (χ1v) is 5.43. The molecule has 0 spiro atoms. The summed E-state index contributed by atoms with van der Waals surface area (Å²) in [5.41, 5.74) is 0.296. The molecule has 1 aromatic heterocycles. The molecule has 0 saturated carbocycles. The molecular weight excluding hydrogens is 236 g/mol. The molecule has 18 heavy (non-hydrogen) atoms. The summed E-state index contributed by atoms with van der Waals surface area (Å²) in [5.74, 6) is 0.00992. The Morgan fingerprint density at radius 3 is 2.78 bits per heavy atom. The molecule has 1 aliphatic rings. The van der Waals surface area contributed by atoms with Gasteiger partial charge in [0, 0.05) is 5.70 Å². The Morgan fingerprint density at radius 1 is 1.50 bits per heavy atom. The van der Waals surface area contributed by atoms with Crippen LogP contribution in [0.2, 0.25) is 0 Å². The quantitative estimate of drug-likeness (QED) is 0.774. The molecule has 1 saturated heterocycles. The lowest BCUT2D eigenvalue weighted by Gasteiger charge is -2.31. The van der Waals surface area contributed by atoms with Gasteiger partial charge in [-0.1, -0.05) is 6.58 Å². The lowest BCUT2D eigenvalue weighted by Crippen LogP contribution is -2.50. The summed E-state index contributed by atoms with van der Waals surface area (Å²) in [6.07, 6.45) is 0. The third-order valence-corrected chi connectivity index (χ3v) is 2.79. The standard InChI is InChI=1S/C12H14N2O4/c1-6-4-5-8(18-6)10-9(11(15)17-3)7(2)13-12(16)14-10/h4-5,9-10H,2H2,1,3H3,(H2,13,14,16). The summed E-state index contributed by atoms with van der Waals surface area (Å²) in [4.78, 5) is 23.2. The molecule has 96 valence electrons. The number of amides is 2. The molecule has 6 heteroatoms. The van der Waals surface area contributed by atoms with E-state index in [1.165, 1.54) is 7.11 Å². The van der Waals surface area contributed by atoms with Crippen molar-refractivity contribution >= 4 is 12.0 Å². The van der Waals surface area contributed by atoms with Gasteiger partial charge in [-0.2, -0.15) is 0 Å². The molecule has 0 aromatic carbocycles. The molecule has 2 amide bonds. The van der Waals surface area contributed by atoms with Crippen LogP contribution in [0.25, 0.3) is 0 Å². The Balaban J connectivity index is 2.36. The SMILES string of the molecule is C=C1NC(=O)NC(c2ccc(C)o2)C1C(=O)OC. The van der Waals surface area contributed by atoms with E-state index < -0.39 is 24.0 Å². The Hall–Kier alpha value is -2.24. The first kappa shape index (κ1) is 12.2. The maximum absolute atomic E-state index is 11.8. The van der Waals surface area contributed by atoms with Crippen LogP contribution >= 0.6 is 0 Å². The first-order chi connectivity index (χ1) is 8.52. The van der Waals surface area contributed by atoms with E-state index >= 15 is 0 Å². The number of esters is 1. The zero-order chi connectivity index (χ0) is 13.3. The predicted molar refractivity (Wildman–Crippen MR) is 62.5 cm³/mol. The third kappa shape index (κ3) is 2.09. The minimum absolute atomic E-state index is 0.296. The zero-order valence-corrected chi connectivity index (χ0v) is 10.1. The number of furan rings is 1. The zero-order valence-electron chi connectivity index (χ0n) is 10.1. The van der Waals surface area contributed by atoms with Crippen LogP contribution in [0.3, 0.4) is 0 Å². The highest BCUT2D eigenvalue weighted by Gasteiger charge is 2.40. The second-order valence-corrected chi connectivity index (χ2v) is 4.05. The van der Waals surface area contributed by atoms with Crippen molar-refractivity contribution in [3.05, 3.63) is 35.9 Å². The minimum atomic E-state index is -0.710. The molecule has 0 bridgehead atoms. The lowest BCUT2D eigenvalue weighted by atomic mass is 9.93. The highest BCUT2D eigenvalue weighted by atomic mass is 16.5. The largest absolute Gasteiger partial charge is 0.468 e. The van der Waals surface area contributed by atoms with Crippen molar-refractivity contribution in [2.45, 2.75) is 13.0 Å². The van der Waals surface area contributed by atoms with Crippen LogP contribution in [-0.2, 0) is 9.53 Å². The van der Waals surface area contributed by atoms with E-state index in [1.807, 2.05) is 0 Å². The summed E-state index contributed by atoms with van der Waals surface area (Å²) < 4.78 is 10.2. The van der Waals surface area contributed by atoms with Crippen LogP contribution in [-0.4, -0.2) is 19.1 Å². The fourth-order valence-corrected chi connectivity index (χ4v) is 1.95. The molecule has 1 aromatic rings. The summed E-state index contributed by atoms with van der Waals surface area (Å²) in [7, 11) is 1.29. The van der Waals surface area contributed by atoms with Crippen molar-refractivity contribution in [1.82, 2.24) is 10.6 Å². The topological polar surface area (TPSA) is 80.6 Å². The van der Waals surface area contributed by atoms with E-state index in [9.17, 15) is 9.59 Å². The number of carbonyl (C=O) groups excluding carboxylic acids is 2. The monoisotopic (exact) mass is 250 g/mol. The van der Waals surface area contributed by atoms with Gasteiger partial charge in [0.15, 0.2) is 0 Å². The van der Waals surface area contributed by atoms with Crippen molar-refractivity contribution in [3.8, 4) is 0 Å². The highest BCUT2D eigenvalue weighted by molar-refractivity contribution is 5.85. The molecule has 2 atom stereocenters. The van der Waals surface area contributed by atoms with E-state index in [4.69, 9.17) is 9.15 Å². The molecule has 1 fully saturated rings. The van der Waals surface area contributed by atoms with Crippen LogP contribution in [0.1, 0.15) is 17.6 Å². The number of methoxy groups -OCH3 is 1. The molecule has 2 rings (SSSR count). The van der Waals surface area contributed by atoms with Crippen molar-refractivity contribution in [2.75, 3.05) is 7.11 Å². The van der Waals surface area contributed by atoms with Crippen LogP contribution in [0.5, 0.6) is 0 Å². The number of urea groups is 1. The summed E-state index contributed by atoms with van der Waals surface area (Å²) in [6, 6.07) is 2.46. The third-order valence-electron chi connectivity index (χ3n) is 2.79. The second-order valence-electron chi connectivity index (χ2n) is 4.05. The van der Waals surface area contributed by atoms with Gasteiger partial charge in [-0.15, -0.1) is 0 Å². The lowest BCUT2D eigenvalue weighted by molar-refractivity contribution is -0.145. The van der Waals surface area contributed by atoms with Gasteiger partial charge >= 0.3 is 12.0 Å². The summed E-state index contributed by atoms with van der Waals surface area (Å²) >= 11 is 0. The van der Waals surface area contributed by atoms with Gasteiger partial charge in [0.2, 0.25) is 0 Å². The van der Waals surface area contributed by atoms with Crippen molar-refractivity contribution < 1.29 is 18.7 Å². The van der Waals surface area contributed by atoms with Crippen LogP contribution < -0.4 is 10.6 Å². The van der Waals surface area contributed by atoms with E-state index in [-0.39, 0.29) is 0 Å². The molecule has 2 unspecified atom stereocenters. The molecule has 2 N–H and O–H groups in total. The first-order valence-electron chi connectivity index (χ1n) is 5.43. The number of ether oxygens (including phenoxy) is 1. The van der Waals surface area contributed by atoms with E-state index in [1.54, 1.807) is 19.1 Å². The minimum Gasteiger partial charge on any atom is -0.468 e. The second kappa shape index (κ2) is 4.56. The summed E-state index contributed by atoms with van der Waals surface area (Å²) in [6.45, 7) is 5.47. The molecule has 1 aliphatic heterocycles. The fraction of sp³-hybridized carbons (Fsp3) is 0.333. The van der Waals surface area contributed by atoms with Crippen molar-refractivity contribution in [3.63, 3.8) is 0 Å². The van der Waals surface area contributed by atoms with E-state index in [2.05, 4.69) is 17.2 Å². The number of carbonyl (C=O) groups is 2. The van der Waals surface area contributed by atoms with Crippen molar-refractivity contribution in [2.24, 2.45) is 5.92 Å². The predicted octanol–water partition coefficient (Wildman–Crippen LogP) is 1.24. The number of hydrogen-bond acceptors (Lipinski definition) is 4. The summed E-state index contributed by atoms with van der Waals surface area (Å²) in [5, 5.41) is 5.10. The number of hydrogen-bond donors (Lipinski definition) is 2. The fourth-order valence-electron chi connectivity index (χ4n) is 1.95. The molecule has 0 radical (unpaired) electrons. The molecule has 6 nitrogen and oxygen atoms in total. The van der Waals surface area contributed by atoms with Crippen LogP contribution in [0.15, 0.2) is 28.8 Å². The maximum Gasteiger partial charge on any atom is 0.319 e. The van der Waals surface area contributed by atoms with Gasteiger partial charge in [-0.05, 0) is 19.1 Å². The van der Waals surface area contributed by atoms with Gasteiger partial charge in [-0.25, -0.2) is 4.79 Å². The van der Waals surface area contributed by atoms with Crippen LogP contribution in [0, 0.1) is 12.8 Å². The molecule has 0 aliphatic carbocycles. The van der Waals surface area contributed by atoms with Crippen LogP contribution in [0.4, 0.5) is 4.79 Å². The number of aryl methyl sites for hydroxylation is 1. The van der Waals surface area contributed by atoms with Gasteiger partial charge in [0.05, 0.1) is 7.11 Å². The Labute approximate surface area is 104 Å². The Kier molecular flexibility index (Phi) is 3.10. The average Bonchev–Trinajstić information content (AvgIpc) is 2.74. The van der Waals surface area contributed by atoms with Gasteiger partial charge in [0.1, 0.15) is 23.5 Å².